The number of benzene rings is 1. The van der Waals surface area contributed by atoms with Crippen molar-refractivity contribution in [1.29, 1.82) is 0 Å². The van der Waals surface area contributed by atoms with Crippen molar-refractivity contribution in [3.05, 3.63) is 36.2 Å². The SMILES string of the molecule is Cl.c1ccc(-c2noc(CN3CCN(C4CCNC4)CC3)n2)cc1. The van der Waals surface area contributed by atoms with E-state index in [1.54, 1.807) is 0 Å². The van der Waals surface area contributed by atoms with Gasteiger partial charge < -0.3 is 9.84 Å². The fourth-order valence-corrected chi connectivity index (χ4v) is 3.45. The molecule has 0 bridgehead atoms. The molecule has 3 heterocycles. The molecule has 7 heteroatoms. The topological polar surface area (TPSA) is 57.4 Å². The average Bonchev–Trinajstić information content (AvgIpc) is 3.28. The van der Waals surface area contributed by atoms with Crippen molar-refractivity contribution in [1.82, 2.24) is 25.3 Å². The molecule has 2 aliphatic heterocycles. The maximum absolute atomic E-state index is 5.42. The number of nitrogens with one attached hydrogen (secondary N) is 1. The molecule has 130 valence electrons. The molecule has 0 aliphatic carbocycles. The van der Waals surface area contributed by atoms with Crippen molar-refractivity contribution in [3.8, 4) is 11.4 Å². The van der Waals surface area contributed by atoms with Gasteiger partial charge >= 0.3 is 0 Å². The van der Waals surface area contributed by atoms with Gasteiger partial charge in [0.05, 0.1) is 6.54 Å². The van der Waals surface area contributed by atoms with Crippen LogP contribution in [0.1, 0.15) is 12.3 Å². The van der Waals surface area contributed by atoms with Gasteiger partial charge in [0.1, 0.15) is 0 Å². The second-order valence-corrected chi connectivity index (χ2v) is 6.34. The predicted molar refractivity (Wildman–Crippen MR) is 95.1 cm³/mol. The summed E-state index contributed by atoms with van der Waals surface area (Å²) in [7, 11) is 0. The second kappa shape index (κ2) is 8.07. The van der Waals surface area contributed by atoms with Gasteiger partial charge in [-0.3, -0.25) is 9.80 Å². The lowest BCUT2D eigenvalue weighted by molar-refractivity contribution is 0.0908. The molecule has 24 heavy (non-hydrogen) atoms. The normalized spacial score (nSPS) is 22.4. The van der Waals surface area contributed by atoms with Crippen molar-refractivity contribution in [2.24, 2.45) is 0 Å². The van der Waals surface area contributed by atoms with Crippen molar-refractivity contribution < 1.29 is 4.52 Å². The van der Waals surface area contributed by atoms with Crippen LogP contribution in [0.3, 0.4) is 0 Å². The Balaban J connectivity index is 0.00000169. The van der Waals surface area contributed by atoms with Gasteiger partial charge in [-0.25, -0.2) is 0 Å². The van der Waals surface area contributed by atoms with Crippen LogP contribution in [0.2, 0.25) is 0 Å². The average molecular weight is 350 g/mol. The molecule has 1 unspecified atom stereocenters. The van der Waals surface area contributed by atoms with Gasteiger partial charge in [-0.2, -0.15) is 4.98 Å². The smallest absolute Gasteiger partial charge is 0.241 e. The number of aromatic nitrogens is 2. The van der Waals surface area contributed by atoms with Crippen LogP contribution in [0.25, 0.3) is 11.4 Å². The van der Waals surface area contributed by atoms with Gasteiger partial charge in [-0.15, -0.1) is 12.4 Å². The van der Waals surface area contributed by atoms with Crippen LogP contribution < -0.4 is 5.32 Å². The highest BCUT2D eigenvalue weighted by atomic mass is 35.5. The lowest BCUT2D eigenvalue weighted by Gasteiger charge is -2.37. The summed E-state index contributed by atoms with van der Waals surface area (Å²) in [6, 6.07) is 10.7. The van der Waals surface area contributed by atoms with E-state index < -0.39 is 0 Å². The van der Waals surface area contributed by atoms with Gasteiger partial charge in [-0.05, 0) is 13.0 Å². The fraction of sp³-hybridized carbons (Fsp3) is 0.529. The van der Waals surface area contributed by atoms with Gasteiger partial charge in [0.25, 0.3) is 0 Å². The van der Waals surface area contributed by atoms with E-state index >= 15 is 0 Å². The third kappa shape index (κ3) is 3.95. The van der Waals surface area contributed by atoms with E-state index in [9.17, 15) is 0 Å². The summed E-state index contributed by atoms with van der Waals surface area (Å²) in [6.07, 6.45) is 1.28. The van der Waals surface area contributed by atoms with Crippen LogP contribution in [0, 0.1) is 0 Å². The lowest BCUT2D eigenvalue weighted by Crippen LogP contribution is -2.50. The zero-order valence-corrected chi connectivity index (χ0v) is 14.5. The first-order valence-electron chi connectivity index (χ1n) is 8.43. The number of halogens is 1. The molecule has 6 nitrogen and oxygen atoms in total. The molecule has 1 N–H and O–H groups in total. The molecule has 4 rings (SSSR count). The first kappa shape index (κ1) is 17.4. The van der Waals surface area contributed by atoms with Crippen LogP contribution in [-0.2, 0) is 6.54 Å². The highest BCUT2D eigenvalue weighted by Gasteiger charge is 2.26. The Morgan fingerprint density at radius 1 is 1.12 bits per heavy atom. The Hall–Kier alpha value is -1.47. The van der Waals surface area contributed by atoms with Crippen molar-refractivity contribution in [3.63, 3.8) is 0 Å². The lowest BCUT2D eigenvalue weighted by atomic mass is 10.2. The quantitative estimate of drug-likeness (QED) is 0.905. The number of nitrogens with zero attached hydrogens (tertiary/aromatic N) is 4. The molecule has 0 radical (unpaired) electrons. The molecule has 2 aliphatic rings. The number of piperazine rings is 1. The summed E-state index contributed by atoms with van der Waals surface area (Å²) in [6.45, 7) is 7.45. The molecule has 2 aromatic rings. The van der Waals surface area contributed by atoms with Crippen LogP contribution >= 0.6 is 12.4 Å². The van der Waals surface area contributed by atoms with Crippen molar-refractivity contribution in [2.45, 2.75) is 19.0 Å². The largest absolute Gasteiger partial charge is 0.338 e. The molecule has 1 atom stereocenters. The molecule has 1 aromatic carbocycles. The molecular formula is C17H24ClN5O. The summed E-state index contributed by atoms with van der Waals surface area (Å²) >= 11 is 0. The maximum atomic E-state index is 5.42. The summed E-state index contributed by atoms with van der Waals surface area (Å²) in [4.78, 5) is 9.54. The van der Waals surface area contributed by atoms with Crippen LogP contribution in [0.5, 0.6) is 0 Å². The summed E-state index contributed by atoms with van der Waals surface area (Å²) in [5.74, 6) is 1.39. The van der Waals surface area contributed by atoms with Gasteiger partial charge in [0.2, 0.25) is 11.7 Å². The first-order chi connectivity index (χ1) is 11.4. The van der Waals surface area contributed by atoms with E-state index in [2.05, 4.69) is 25.3 Å². The molecule has 0 amide bonds. The number of hydrogen-bond donors (Lipinski definition) is 1. The molecule has 0 spiro atoms. The minimum Gasteiger partial charge on any atom is -0.338 e. The van der Waals surface area contributed by atoms with Crippen LogP contribution in [0.15, 0.2) is 34.9 Å². The molecule has 2 saturated heterocycles. The van der Waals surface area contributed by atoms with E-state index in [4.69, 9.17) is 4.52 Å². The van der Waals surface area contributed by atoms with Gasteiger partial charge in [0.15, 0.2) is 0 Å². The minimum atomic E-state index is 0. The second-order valence-electron chi connectivity index (χ2n) is 6.34. The van der Waals surface area contributed by atoms with E-state index in [-0.39, 0.29) is 12.4 Å². The molecule has 1 aromatic heterocycles. The Morgan fingerprint density at radius 3 is 2.62 bits per heavy atom. The summed E-state index contributed by atoms with van der Waals surface area (Å²) in [5.41, 5.74) is 1.00. The Labute approximate surface area is 148 Å². The third-order valence-corrected chi connectivity index (χ3v) is 4.82. The first-order valence-corrected chi connectivity index (χ1v) is 8.43. The van der Waals surface area contributed by atoms with Crippen LogP contribution in [0.4, 0.5) is 0 Å². The van der Waals surface area contributed by atoms with Crippen molar-refractivity contribution >= 4 is 12.4 Å². The summed E-state index contributed by atoms with van der Waals surface area (Å²) < 4.78 is 5.42. The molecular weight excluding hydrogens is 326 g/mol. The Kier molecular flexibility index (Phi) is 5.84. The zero-order valence-electron chi connectivity index (χ0n) is 13.7. The highest BCUT2D eigenvalue weighted by molar-refractivity contribution is 5.85. The molecule has 2 fully saturated rings. The van der Waals surface area contributed by atoms with E-state index in [0.29, 0.717) is 11.7 Å². The standard InChI is InChI=1S/C17H23N5O.ClH/c1-2-4-14(5-3-1)17-19-16(23-20-17)13-21-8-10-22(11-9-21)15-6-7-18-12-15;/h1-5,15,18H,6-13H2;1H. The monoisotopic (exact) mass is 349 g/mol. The van der Waals surface area contributed by atoms with Gasteiger partial charge in [-0.1, -0.05) is 35.5 Å². The summed E-state index contributed by atoms with van der Waals surface area (Å²) in [5, 5.41) is 7.55. The number of hydrogen-bond acceptors (Lipinski definition) is 6. The van der Waals surface area contributed by atoms with E-state index in [1.165, 1.54) is 6.42 Å². The fourth-order valence-electron chi connectivity index (χ4n) is 3.45. The van der Waals surface area contributed by atoms with Gasteiger partial charge in [0, 0.05) is 44.3 Å². The predicted octanol–water partition coefficient (Wildman–Crippen LogP) is 1.64. The zero-order chi connectivity index (χ0) is 15.5. The maximum Gasteiger partial charge on any atom is 0.241 e. The van der Waals surface area contributed by atoms with E-state index in [1.807, 2.05) is 30.3 Å². The van der Waals surface area contributed by atoms with E-state index in [0.717, 1.165) is 57.4 Å². The van der Waals surface area contributed by atoms with Crippen LogP contribution in [-0.4, -0.2) is 65.3 Å². The Bertz CT molecular complexity index is 621. The van der Waals surface area contributed by atoms with Crippen molar-refractivity contribution in [2.75, 3.05) is 39.3 Å². The third-order valence-electron chi connectivity index (χ3n) is 4.82. The minimum absolute atomic E-state index is 0. The molecule has 0 saturated carbocycles. The Morgan fingerprint density at radius 2 is 1.92 bits per heavy atom. The highest BCUT2D eigenvalue weighted by Crippen LogP contribution is 2.17. The number of rotatable bonds is 4.